The summed E-state index contributed by atoms with van der Waals surface area (Å²) >= 11 is 0. The number of benzene rings is 4. The van der Waals surface area contributed by atoms with E-state index in [-0.39, 0.29) is 0 Å². The van der Waals surface area contributed by atoms with Crippen LogP contribution in [0.5, 0.6) is 5.75 Å². The highest BCUT2D eigenvalue weighted by molar-refractivity contribution is 6.13. The molecule has 4 aromatic heterocycles. The van der Waals surface area contributed by atoms with E-state index in [0.717, 1.165) is 101 Å². The molecule has 0 saturated carbocycles. The molecule has 6 heteroatoms. The molecule has 0 spiro atoms. The topological polar surface area (TPSA) is 71.1 Å². The van der Waals surface area contributed by atoms with Gasteiger partial charge >= 0.3 is 0 Å². The third kappa shape index (κ3) is 3.69. The van der Waals surface area contributed by atoms with Crippen LogP contribution in [0.3, 0.4) is 0 Å². The molecule has 6 nitrogen and oxygen atoms in total. The predicted molar refractivity (Wildman–Crippen MR) is 189 cm³/mol. The van der Waals surface area contributed by atoms with Crippen LogP contribution < -0.4 is 21.0 Å². The summed E-state index contributed by atoms with van der Waals surface area (Å²) in [4.78, 5) is 5.03. The van der Waals surface area contributed by atoms with Crippen molar-refractivity contribution in [1.29, 1.82) is 0 Å². The van der Waals surface area contributed by atoms with Crippen molar-refractivity contribution in [1.82, 2.24) is 14.1 Å². The summed E-state index contributed by atoms with van der Waals surface area (Å²) in [6.45, 7) is 0. The molecule has 10 rings (SSSR count). The van der Waals surface area contributed by atoms with Crippen LogP contribution in [0.4, 0.5) is 0 Å². The Labute approximate surface area is 269 Å². The minimum absolute atomic E-state index is 0.571. The molecule has 1 aliphatic heterocycles. The highest BCUT2D eigenvalue weighted by Gasteiger charge is 2.28. The van der Waals surface area contributed by atoms with E-state index in [0.29, 0.717) is 6.42 Å². The van der Waals surface area contributed by atoms with Crippen LogP contribution in [0, 0.1) is 0 Å². The molecule has 0 radical (unpaired) electrons. The number of hydrogen-bond acceptors (Lipinski definition) is 4. The highest BCUT2D eigenvalue weighted by Crippen LogP contribution is 2.43. The molecule has 0 amide bonds. The average Bonchev–Trinajstić information content (AvgIpc) is 3.83. The number of allylic oxidation sites excluding steroid dienone is 3. The van der Waals surface area contributed by atoms with Gasteiger partial charge in [0, 0.05) is 50.9 Å². The second-order valence-electron chi connectivity index (χ2n) is 12.1. The Balaban J connectivity index is 1.21. The van der Waals surface area contributed by atoms with Gasteiger partial charge in [-0.3, -0.25) is 4.98 Å². The van der Waals surface area contributed by atoms with Crippen molar-refractivity contribution < 1.29 is 9.15 Å². The number of fused-ring (bicyclic) bond motifs is 9. The molecule has 2 N–H and O–H groups in total. The maximum absolute atomic E-state index is 6.93. The minimum atomic E-state index is 0.571. The van der Waals surface area contributed by atoms with Gasteiger partial charge in [-0.05, 0) is 42.5 Å². The first kappa shape index (κ1) is 26.0. The van der Waals surface area contributed by atoms with E-state index in [9.17, 15) is 0 Å². The van der Waals surface area contributed by atoms with Gasteiger partial charge in [-0.25, -0.2) is 0 Å². The molecule has 4 aromatic carbocycles. The highest BCUT2D eigenvalue weighted by atomic mass is 16.5. The predicted octanol–water partition coefficient (Wildman–Crippen LogP) is 7.43. The number of hydrogen-bond donors (Lipinski definition) is 1. The lowest BCUT2D eigenvalue weighted by molar-refractivity contribution is 0.528. The number of nitrogens with two attached hydrogens (primary N) is 1. The fourth-order valence-corrected chi connectivity index (χ4v) is 7.53. The molecule has 1 aliphatic carbocycles. The van der Waals surface area contributed by atoms with Gasteiger partial charge in [-0.15, -0.1) is 0 Å². The van der Waals surface area contributed by atoms with Crippen LogP contribution >= 0.6 is 0 Å². The first-order valence-electron chi connectivity index (χ1n) is 15.9. The number of pyridine rings is 1. The van der Waals surface area contributed by atoms with Gasteiger partial charge in [-0.1, -0.05) is 78.9 Å². The molecule has 0 atom stereocenters. The zero-order chi connectivity index (χ0) is 31.1. The van der Waals surface area contributed by atoms with Crippen molar-refractivity contribution in [3.05, 3.63) is 149 Å². The van der Waals surface area contributed by atoms with E-state index in [1.54, 1.807) is 6.20 Å². The number of ether oxygens (including phenoxy) is 1. The van der Waals surface area contributed by atoms with Gasteiger partial charge in [0.15, 0.2) is 5.75 Å². The normalized spacial score (nSPS) is 15.5. The molecule has 224 valence electrons. The third-order valence-corrected chi connectivity index (χ3v) is 9.52. The first-order valence-corrected chi connectivity index (χ1v) is 15.9. The van der Waals surface area contributed by atoms with E-state index < -0.39 is 0 Å². The molecule has 5 heterocycles. The van der Waals surface area contributed by atoms with Gasteiger partial charge in [0.05, 0.1) is 45.6 Å². The van der Waals surface area contributed by atoms with Crippen LogP contribution in [-0.4, -0.2) is 14.1 Å². The van der Waals surface area contributed by atoms with E-state index in [4.69, 9.17) is 19.9 Å². The zero-order valence-corrected chi connectivity index (χ0v) is 25.4. The van der Waals surface area contributed by atoms with E-state index in [1.807, 2.05) is 24.4 Å². The molecule has 47 heavy (non-hydrogen) atoms. The summed E-state index contributed by atoms with van der Waals surface area (Å²) in [6.07, 6.45) is 13.5. The molecule has 0 saturated heterocycles. The minimum Gasteiger partial charge on any atom is -0.460 e. The SMILES string of the molecule is N/C=c1\c(=C2/Cc3ncc4c(c3O2)c2ccccc2n4-c2ccc3oc4c(c3c2)C=CC=CC4)c2ccccc2n1-c1ccccc1. The summed E-state index contributed by atoms with van der Waals surface area (Å²) in [6, 6.07) is 33.7. The summed E-state index contributed by atoms with van der Waals surface area (Å²) in [5.41, 5.74) is 14.6. The lowest BCUT2D eigenvalue weighted by atomic mass is 10.1. The fraction of sp³-hybridized carbons (Fsp3) is 0.0488. The molecule has 2 aliphatic rings. The van der Waals surface area contributed by atoms with Crippen molar-refractivity contribution in [2.24, 2.45) is 5.73 Å². The monoisotopic (exact) mass is 608 g/mol. The van der Waals surface area contributed by atoms with E-state index in [1.165, 1.54) is 0 Å². The quantitative estimate of drug-likeness (QED) is 0.222. The Morgan fingerprint density at radius 1 is 0.745 bits per heavy atom. The standard InChI is InChI=1S/C41H28N4O2/c42-23-34-39(28-14-7-9-16-32(28)44(34)25-11-3-1-4-12-25)38-22-31-41(47-38)40-29-15-8-10-17-33(29)45(35(40)24-43-31)26-19-20-37-30(21-26)27-13-5-2-6-18-36(27)46-37/h1-17,19-21,23-24H,18,22,42H2/b34-23+,39-38+. The lowest BCUT2D eigenvalue weighted by Crippen LogP contribution is -2.32. The maximum atomic E-state index is 6.93. The van der Waals surface area contributed by atoms with E-state index in [2.05, 4.69) is 112 Å². The molecule has 0 fully saturated rings. The third-order valence-electron chi connectivity index (χ3n) is 9.52. The van der Waals surface area contributed by atoms with Gasteiger partial charge in [0.2, 0.25) is 0 Å². The largest absolute Gasteiger partial charge is 0.460 e. The van der Waals surface area contributed by atoms with Crippen molar-refractivity contribution in [3.8, 4) is 17.1 Å². The van der Waals surface area contributed by atoms with Gasteiger partial charge in [0.25, 0.3) is 0 Å². The fourth-order valence-electron chi connectivity index (χ4n) is 7.53. The summed E-state index contributed by atoms with van der Waals surface area (Å²) in [7, 11) is 0. The molecule has 8 aromatic rings. The second kappa shape index (κ2) is 9.86. The number of aromatic nitrogens is 3. The number of nitrogens with zero attached hydrogens (tertiary/aromatic N) is 3. The average molecular weight is 609 g/mol. The number of rotatable bonds is 2. The first-order chi connectivity index (χ1) is 23.3. The van der Waals surface area contributed by atoms with Gasteiger partial charge < -0.3 is 24.0 Å². The Morgan fingerprint density at radius 3 is 2.38 bits per heavy atom. The van der Waals surface area contributed by atoms with Crippen molar-refractivity contribution >= 4 is 61.7 Å². The molecular weight excluding hydrogens is 580 g/mol. The maximum Gasteiger partial charge on any atom is 0.158 e. The molecule has 0 unspecified atom stereocenters. The Kier molecular flexibility index (Phi) is 5.46. The smallest absolute Gasteiger partial charge is 0.158 e. The Bertz CT molecular complexity index is 2780. The number of para-hydroxylation sites is 3. The van der Waals surface area contributed by atoms with Crippen LogP contribution in [0.15, 0.2) is 126 Å². The van der Waals surface area contributed by atoms with Gasteiger partial charge in [0.1, 0.15) is 17.1 Å². The molecule has 0 bridgehead atoms. The lowest BCUT2D eigenvalue weighted by Gasteiger charge is -2.08. The van der Waals surface area contributed by atoms with Gasteiger partial charge in [-0.2, -0.15) is 0 Å². The summed E-state index contributed by atoms with van der Waals surface area (Å²) in [5, 5.41) is 6.26. The number of furan rings is 1. The molecular formula is C41H28N4O2. The van der Waals surface area contributed by atoms with Crippen LogP contribution in [0.25, 0.3) is 73.1 Å². The Morgan fingerprint density at radius 2 is 1.53 bits per heavy atom. The van der Waals surface area contributed by atoms with Crippen LogP contribution in [0.1, 0.15) is 17.0 Å². The van der Waals surface area contributed by atoms with Crippen molar-refractivity contribution in [3.63, 3.8) is 0 Å². The van der Waals surface area contributed by atoms with Crippen LogP contribution in [0.2, 0.25) is 0 Å². The van der Waals surface area contributed by atoms with Crippen LogP contribution in [-0.2, 0) is 12.8 Å². The van der Waals surface area contributed by atoms with E-state index >= 15 is 0 Å². The Hall–Kier alpha value is -6.27. The summed E-state index contributed by atoms with van der Waals surface area (Å²) < 4.78 is 17.7. The second-order valence-corrected chi connectivity index (χ2v) is 12.1. The zero-order valence-electron chi connectivity index (χ0n) is 25.4. The summed E-state index contributed by atoms with van der Waals surface area (Å²) in [5.74, 6) is 2.64. The van der Waals surface area contributed by atoms with Crippen molar-refractivity contribution in [2.75, 3.05) is 0 Å². The van der Waals surface area contributed by atoms with Crippen molar-refractivity contribution in [2.45, 2.75) is 12.8 Å².